The van der Waals surface area contributed by atoms with E-state index < -0.39 is 0 Å². The zero-order valence-corrected chi connectivity index (χ0v) is 5.10. The van der Waals surface area contributed by atoms with E-state index in [1.807, 2.05) is 0 Å². The van der Waals surface area contributed by atoms with Gasteiger partial charge in [-0.3, -0.25) is 0 Å². The van der Waals surface area contributed by atoms with E-state index >= 15 is 0 Å². The molecular formula is C6H13NO. The Bertz CT molecular complexity index is 59.5. The minimum Gasteiger partial charge on any atom is -0.378 e. The first-order valence-electron chi connectivity index (χ1n) is 3.25. The zero-order valence-electron chi connectivity index (χ0n) is 5.10. The maximum absolute atomic E-state index is 5.33. The van der Waals surface area contributed by atoms with Crippen LogP contribution in [0.1, 0.15) is 19.3 Å². The highest BCUT2D eigenvalue weighted by Gasteiger charge is 2.13. The van der Waals surface area contributed by atoms with Gasteiger partial charge in [-0.05, 0) is 25.8 Å². The van der Waals surface area contributed by atoms with Crippen molar-refractivity contribution in [3.8, 4) is 0 Å². The lowest BCUT2D eigenvalue weighted by Crippen LogP contribution is -2.11. The highest BCUT2D eigenvalue weighted by Crippen LogP contribution is 2.13. The molecule has 1 heterocycles. The average molecular weight is 115 g/mol. The molecule has 2 heteroatoms. The van der Waals surface area contributed by atoms with E-state index in [1.165, 1.54) is 12.8 Å². The molecule has 1 aliphatic heterocycles. The fourth-order valence-corrected chi connectivity index (χ4v) is 1.06. The van der Waals surface area contributed by atoms with E-state index in [0.29, 0.717) is 6.10 Å². The van der Waals surface area contributed by atoms with E-state index in [-0.39, 0.29) is 0 Å². The minimum absolute atomic E-state index is 0.486. The van der Waals surface area contributed by atoms with Gasteiger partial charge in [0, 0.05) is 6.61 Å². The average Bonchev–Trinajstić information content (AvgIpc) is 2.19. The SMILES string of the molecule is NCC[C@@H]1CCCO1. The van der Waals surface area contributed by atoms with Crippen LogP contribution in [0.5, 0.6) is 0 Å². The van der Waals surface area contributed by atoms with Gasteiger partial charge in [-0.15, -0.1) is 0 Å². The van der Waals surface area contributed by atoms with Crippen molar-refractivity contribution in [3.63, 3.8) is 0 Å². The Labute approximate surface area is 50.0 Å². The summed E-state index contributed by atoms with van der Waals surface area (Å²) in [5, 5.41) is 0. The van der Waals surface area contributed by atoms with Gasteiger partial charge >= 0.3 is 0 Å². The first-order valence-corrected chi connectivity index (χ1v) is 3.25. The minimum atomic E-state index is 0.486. The molecule has 0 aromatic carbocycles. The zero-order chi connectivity index (χ0) is 5.82. The number of hydrogen-bond acceptors (Lipinski definition) is 2. The highest BCUT2D eigenvalue weighted by molar-refractivity contribution is 4.64. The van der Waals surface area contributed by atoms with Crippen LogP contribution in [0.25, 0.3) is 0 Å². The van der Waals surface area contributed by atoms with E-state index in [9.17, 15) is 0 Å². The van der Waals surface area contributed by atoms with Gasteiger partial charge in [-0.25, -0.2) is 0 Å². The van der Waals surface area contributed by atoms with Crippen molar-refractivity contribution in [2.45, 2.75) is 25.4 Å². The molecule has 0 amide bonds. The standard InChI is InChI=1S/C6H13NO/c7-4-3-6-2-1-5-8-6/h6H,1-5,7H2/t6-/m0/s1. The molecule has 0 radical (unpaired) electrons. The van der Waals surface area contributed by atoms with E-state index in [2.05, 4.69) is 0 Å². The lowest BCUT2D eigenvalue weighted by Gasteiger charge is -2.04. The maximum Gasteiger partial charge on any atom is 0.0588 e. The van der Waals surface area contributed by atoms with Crippen LogP contribution in [0.15, 0.2) is 0 Å². The topological polar surface area (TPSA) is 35.2 Å². The third-order valence-electron chi connectivity index (χ3n) is 1.51. The van der Waals surface area contributed by atoms with E-state index in [4.69, 9.17) is 10.5 Å². The second-order valence-electron chi connectivity index (χ2n) is 2.21. The van der Waals surface area contributed by atoms with Crippen molar-refractivity contribution in [2.24, 2.45) is 5.73 Å². The van der Waals surface area contributed by atoms with Gasteiger partial charge < -0.3 is 10.5 Å². The van der Waals surface area contributed by atoms with Crippen LogP contribution < -0.4 is 5.73 Å². The van der Waals surface area contributed by atoms with Gasteiger partial charge in [-0.2, -0.15) is 0 Å². The lowest BCUT2D eigenvalue weighted by molar-refractivity contribution is 0.106. The van der Waals surface area contributed by atoms with Crippen molar-refractivity contribution in [3.05, 3.63) is 0 Å². The molecule has 2 nitrogen and oxygen atoms in total. The Morgan fingerprint density at radius 1 is 1.62 bits per heavy atom. The predicted octanol–water partition coefficient (Wildman–Crippen LogP) is 0.514. The van der Waals surface area contributed by atoms with E-state index in [1.54, 1.807) is 0 Å². The van der Waals surface area contributed by atoms with Crippen molar-refractivity contribution in [2.75, 3.05) is 13.2 Å². The van der Waals surface area contributed by atoms with Crippen LogP contribution in [0.4, 0.5) is 0 Å². The van der Waals surface area contributed by atoms with Crippen LogP contribution in [0, 0.1) is 0 Å². The molecule has 0 aromatic rings. The Morgan fingerprint density at radius 2 is 2.50 bits per heavy atom. The molecule has 0 bridgehead atoms. The number of ether oxygens (including phenoxy) is 1. The summed E-state index contributed by atoms with van der Waals surface area (Å²) in [4.78, 5) is 0. The molecule has 1 rings (SSSR count). The van der Waals surface area contributed by atoms with Gasteiger partial charge in [0.15, 0.2) is 0 Å². The first-order chi connectivity index (χ1) is 3.93. The lowest BCUT2D eigenvalue weighted by atomic mass is 10.2. The Hall–Kier alpha value is -0.0800. The maximum atomic E-state index is 5.33. The van der Waals surface area contributed by atoms with Crippen LogP contribution >= 0.6 is 0 Å². The summed E-state index contributed by atoms with van der Waals surface area (Å²) in [5.74, 6) is 0. The molecule has 2 N–H and O–H groups in total. The predicted molar refractivity (Wildman–Crippen MR) is 32.6 cm³/mol. The smallest absolute Gasteiger partial charge is 0.0588 e. The Kier molecular flexibility index (Phi) is 2.30. The van der Waals surface area contributed by atoms with Crippen LogP contribution in [-0.4, -0.2) is 19.3 Å². The largest absolute Gasteiger partial charge is 0.378 e. The first kappa shape index (κ1) is 6.05. The summed E-state index contributed by atoms with van der Waals surface area (Å²) in [7, 11) is 0. The molecule has 1 atom stereocenters. The number of rotatable bonds is 2. The van der Waals surface area contributed by atoms with Crippen LogP contribution in [0.2, 0.25) is 0 Å². The molecule has 0 saturated carbocycles. The Balaban J connectivity index is 2.06. The molecule has 1 saturated heterocycles. The fraction of sp³-hybridized carbons (Fsp3) is 1.00. The molecule has 48 valence electrons. The summed E-state index contributed by atoms with van der Waals surface area (Å²) in [6.45, 7) is 1.72. The van der Waals surface area contributed by atoms with Crippen LogP contribution in [-0.2, 0) is 4.74 Å². The molecule has 1 fully saturated rings. The molecule has 8 heavy (non-hydrogen) atoms. The summed E-state index contributed by atoms with van der Waals surface area (Å²) >= 11 is 0. The normalized spacial score (nSPS) is 28.9. The van der Waals surface area contributed by atoms with Gasteiger partial charge in [0.2, 0.25) is 0 Å². The van der Waals surface area contributed by atoms with Crippen molar-refractivity contribution < 1.29 is 4.74 Å². The van der Waals surface area contributed by atoms with Crippen LogP contribution in [0.3, 0.4) is 0 Å². The second-order valence-corrected chi connectivity index (χ2v) is 2.21. The summed E-state index contributed by atoms with van der Waals surface area (Å²) < 4.78 is 5.31. The highest BCUT2D eigenvalue weighted by atomic mass is 16.5. The van der Waals surface area contributed by atoms with Crippen molar-refractivity contribution >= 4 is 0 Å². The van der Waals surface area contributed by atoms with E-state index in [0.717, 1.165) is 19.6 Å². The van der Waals surface area contributed by atoms with Gasteiger partial charge in [-0.1, -0.05) is 0 Å². The number of nitrogens with two attached hydrogens (primary N) is 1. The van der Waals surface area contributed by atoms with Gasteiger partial charge in [0.1, 0.15) is 0 Å². The van der Waals surface area contributed by atoms with Crippen molar-refractivity contribution in [1.82, 2.24) is 0 Å². The second kappa shape index (κ2) is 3.05. The molecule has 0 aliphatic carbocycles. The van der Waals surface area contributed by atoms with Gasteiger partial charge in [0.25, 0.3) is 0 Å². The third-order valence-corrected chi connectivity index (χ3v) is 1.51. The number of hydrogen-bond donors (Lipinski definition) is 1. The van der Waals surface area contributed by atoms with Gasteiger partial charge in [0.05, 0.1) is 6.10 Å². The molecule has 0 spiro atoms. The molecule has 0 unspecified atom stereocenters. The van der Waals surface area contributed by atoms with Crippen molar-refractivity contribution in [1.29, 1.82) is 0 Å². The fourth-order valence-electron chi connectivity index (χ4n) is 1.06. The molecular weight excluding hydrogens is 102 g/mol. The summed E-state index contributed by atoms with van der Waals surface area (Å²) in [6, 6.07) is 0. The monoisotopic (exact) mass is 115 g/mol. The Morgan fingerprint density at radius 3 is 3.00 bits per heavy atom. The molecule has 1 aliphatic rings. The summed E-state index contributed by atoms with van der Waals surface area (Å²) in [5.41, 5.74) is 5.33. The summed E-state index contributed by atoms with van der Waals surface area (Å²) in [6.07, 6.45) is 3.97. The molecule has 0 aromatic heterocycles. The third kappa shape index (κ3) is 1.46. The quantitative estimate of drug-likeness (QED) is 0.569.